The molecule has 0 radical (unpaired) electrons. The first kappa shape index (κ1) is 15.4. The van der Waals surface area contributed by atoms with Crippen molar-refractivity contribution in [1.29, 1.82) is 0 Å². The van der Waals surface area contributed by atoms with Crippen LogP contribution in [0.4, 0.5) is 5.69 Å². The van der Waals surface area contributed by atoms with Crippen LogP contribution in [0.5, 0.6) is 0 Å². The van der Waals surface area contributed by atoms with E-state index in [2.05, 4.69) is 21.6 Å². The van der Waals surface area contributed by atoms with Crippen molar-refractivity contribution in [3.8, 4) is 0 Å². The summed E-state index contributed by atoms with van der Waals surface area (Å²) >= 11 is 0. The Kier molecular flexibility index (Phi) is 3.90. The van der Waals surface area contributed by atoms with E-state index >= 15 is 0 Å². The van der Waals surface area contributed by atoms with E-state index in [9.17, 15) is 14.7 Å². The first-order valence-electron chi connectivity index (χ1n) is 8.50. The van der Waals surface area contributed by atoms with Crippen LogP contribution in [0.1, 0.15) is 28.8 Å². The Balaban J connectivity index is 1.54. The Morgan fingerprint density at radius 3 is 2.71 bits per heavy atom. The van der Waals surface area contributed by atoms with Crippen molar-refractivity contribution in [3.63, 3.8) is 0 Å². The molecule has 1 unspecified atom stereocenters. The third kappa shape index (κ3) is 2.63. The lowest BCUT2D eigenvalue weighted by atomic mass is 10.0. The number of benzene rings is 1. The number of piperazine rings is 1. The summed E-state index contributed by atoms with van der Waals surface area (Å²) in [6.45, 7) is 4.35. The fourth-order valence-electron chi connectivity index (χ4n) is 3.81. The molecule has 0 aliphatic carbocycles. The molecule has 3 aliphatic heterocycles. The summed E-state index contributed by atoms with van der Waals surface area (Å²) in [6, 6.07) is 5.63. The van der Waals surface area contributed by atoms with Crippen molar-refractivity contribution in [2.75, 3.05) is 31.1 Å². The van der Waals surface area contributed by atoms with Crippen LogP contribution in [0.25, 0.3) is 0 Å². The summed E-state index contributed by atoms with van der Waals surface area (Å²) in [5, 5.41) is 16.0. The van der Waals surface area contributed by atoms with E-state index in [-0.39, 0.29) is 17.9 Å². The smallest absolute Gasteiger partial charge is 0.254 e. The van der Waals surface area contributed by atoms with Crippen LogP contribution in [0.3, 0.4) is 0 Å². The molecule has 0 bridgehead atoms. The van der Waals surface area contributed by atoms with Gasteiger partial charge in [-0.15, -0.1) is 0 Å². The molecule has 7 heteroatoms. The third-order valence-corrected chi connectivity index (χ3v) is 5.14. The highest BCUT2D eigenvalue weighted by molar-refractivity contribution is 5.99. The molecule has 1 aromatic carbocycles. The van der Waals surface area contributed by atoms with Crippen molar-refractivity contribution < 1.29 is 14.7 Å². The van der Waals surface area contributed by atoms with Gasteiger partial charge in [-0.05, 0) is 30.2 Å². The fourth-order valence-corrected chi connectivity index (χ4v) is 3.81. The van der Waals surface area contributed by atoms with Crippen molar-refractivity contribution in [3.05, 3.63) is 29.3 Å². The Bertz CT molecular complexity index is 672. The molecule has 1 aromatic rings. The molecule has 0 spiro atoms. The van der Waals surface area contributed by atoms with Gasteiger partial charge in [0.05, 0.1) is 6.04 Å². The number of hydrogen-bond donors (Lipinski definition) is 3. The highest BCUT2D eigenvalue weighted by Gasteiger charge is 2.39. The number of piperidine rings is 1. The second-order valence-corrected chi connectivity index (χ2v) is 6.63. The molecule has 128 valence electrons. The summed E-state index contributed by atoms with van der Waals surface area (Å²) in [4.78, 5) is 28.1. The van der Waals surface area contributed by atoms with Crippen LogP contribution in [0.15, 0.2) is 18.2 Å². The van der Waals surface area contributed by atoms with E-state index in [1.165, 1.54) is 0 Å². The second kappa shape index (κ2) is 6.07. The van der Waals surface area contributed by atoms with E-state index in [1.807, 2.05) is 12.1 Å². The van der Waals surface area contributed by atoms with Crippen LogP contribution in [-0.4, -0.2) is 60.3 Å². The van der Waals surface area contributed by atoms with Crippen molar-refractivity contribution >= 4 is 17.5 Å². The zero-order chi connectivity index (χ0) is 16.7. The normalized spacial score (nSPS) is 27.2. The van der Waals surface area contributed by atoms with Crippen molar-refractivity contribution in [2.45, 2.75) is 31.7 Å². The zero-order valence-corrected chi connectivity index (χ0v) is 13.5. The van der Waals surface area contributed by atoms with Gasteiger partial charge in [-0.25, -0.2) is 0 Å². The van der Waals surface area contributed by atoms with Crippen LogP contribution in [0.2, 0.25) is 0 Å². The molecule has 2 amide bonds. The first-order valence-corrected chi connectivity index (χ1v) is 8.50. The van der Waals surface area contributed by atoms with Gasteiger partial charge >= 0.3 is 0 Å². The largest absolute Gasteiger partial charge is 0.372 e. The predicted octanol–water partition coefficient (Wildman–Crippen LogP) is -0.351. The van der Waals surface area contributed by atoms with E-state index in [4.69, 9.17) is 0 Å². The van der Waals surface area contributed by atoms with E-state index in [0.29, 0.717) is 24.9 Å². The second-order valence-electron chi connectivity index (χ2n) is 6.63. The number of hydrogen-bond acceptors (Lipinski definition) is 5. The van der Waals surface area contributed by atoms with E-state index in [1.54, 1.807) is 4.90 Å². The zero-order valence-electron chi connectivity index (χ0n) is 13.5. The molecule has 2 saturated heterocycles. The maximum Gasteiger partial charge on any atom is 0.254 e. The molecular formula is C17H22N4O3. The molecule has 4 rings (SSSR count). The first-order chi connectivity index (χ1) is 11.6. The Labute approximate surface area is 140 Å². The van der Waals surface area contributed by atoms with Gasteiger partial charge in [0.1, 0.15) is 6.23 Å². The number of carbonyl (C=O) groups excluding carboxylic acids is 2. The summed E-state index contributed by atoms with van der Waals surface area (Å²) in [7, 11) is 0. The van der Waals surface area contributed by atoms with Gasteiger partial charge < -0.3 is 25.5 Å². The number of nitrogens with one attached hydrogen (secondary N) is 2. The Morgan fingerprint density at radius 2 is 1.96 bits per heavy atom. The SMILES string of the molecule is O=C1CC[C@@H](N2Cc3cc(N4CCNCC4)ccc3C2=O)C(O)N1. The number of carbonyl (C=O) groups is 2. The molecule has 0 saturated carbocycles. The summed E-state index contributed by atoms with van der Waals surface area (Å²) < 4.78 is 0. The van der Waals surface area contributed by atoms with Gasteiger partial charge in [-0.2, -0.15) is 0 Å². The molecule has 3 N–H and O–H groups in total. The van der Waals surface area contributed by atoms with Gasteiger partial charge in [-0.3, -0.25) is 9.59 Å². The number of nitrogens with zero attached hydrogens (tertiary/aromatic N) is 2. The van der Waals surface area contributed by atoms with Gasteiger partial charge in [0, 0.05) is 50.4 Å². The number of rotatable bonds is 2. The minimum Gasteiger partial charge on any atom is -0.372 e. The number of fused-ring (bicyclic) bond motifs is 1. The van der Waals surface area contributed by atoms with Crippen LogP contribution >= 0.6 is 0 Å². The van der Waals surface area contributed by atoms with Crippen molar-refractivity contribution in [1.82, 2.24) is 15.5 Å². The Morgan fingerprint density at radius 1 is 1.17 bits per heavy atom. The monoisotopic (exact) mass is 330 g/mol. The third-order valence-electron chi connectivity index (χ3n) is 5.14. The predicted molar refractivity (Wildman–Crippen MR) is 88.6 cm³/mol. The molecule has 3 aliphatic rings. The average Bonchev–Trinajstić information content (AvgIpc) is 2.92. The minimum absolute atomic E-state index is 0.0583. The van der Waals surface area contributed by atoms with Gasteiger partial charge in [-0.1, -0.05) is 0 Å². The van der Waals surface area contributed by atoms with Crippen LogP contribution in [-0.2, 0) is 11.3 Å². The molecular weight excluding hydrogens is 308 g/mol. The summed E-state index contributed by atoms with van der Waals surface area (Å²) in [6.07, 6.45) is -0.150. The number of amides is 2. The lowest BCUT2D eigenvalue weighted by Crippen LogP contribution is -2.55. The lowest BCUT2D eigenvalue weighted by Gasteiger charge is -2.35. The molecule has 24 heavy (non-hydrogen) atoms. The quantitative estimate of drug-likeness (QED) is 0.690. The summed E-state index contributed by atoms with van der Waals surface area (Å²) in [5.41, 5.74) is 2.85. The Hall–Kier alpha value is -2.12. The highest BCUT2D eigenvalue weighted by atomic mass is 16.3. The van der Waals surface area contributed by atoms with E-state index < -0.39 is 6.23 Å². The number of aliphatic hydroxyl groups is 1. The van der Waals surface area contributed by atoms with Crippen LogP contribution in [0, 0.1) is 0 Å². The highest BCUT2D eigenvalue weighted by Crippen LogP contribution is 2.31. The fraction of sp³-hybridized carbons (Fsp3) is 0.529. The van der Waals surface area contributed by atoms with Crippen molar-refractivity contribution in [2.24, 2.45) is 0 Å². The maximum atomic E-state index is 12.7. The average molecular weight is 330 g/mol. The van der Waals surface area contributed by atoms with Crippen LogP contribution < -0.4 is 15.5 Å². The van der Waals surface area contributed by atoms with Gasteiger partial charge in [0.15, 0.2) is 0 Å². The minimum atomic E-state index is -0.989. The molecule has 3 heterocycles. The number of aliphatic hydroxyl groups excluding tert-OH is 1. The topological polar surface area (TPSA) is 84.9 Å². The lowest BCUT2D eigenvalue weighted by molar-refractivity contribution is -0.129. The van der Waals surface area contributed by atoms with E-state index in [0.717, 1.165) is 37.4 Å². The number of anilines is 1. The van der Waals surface area contributed by atoms with Gasteiger partial charge in [0.25, 0.3) is 5.91 Å². The molecule has 0 aromatic heterocycles. The summed E-state index contributed by atoms with van der Waals surface area (Å²) in [5.74, 6) is -0.221. The molecule has 7 nitrogen and oxygen atoms in total. The molecule has 2 fully saturated rings. The van der Waals surface area contributed by atoms with Gasteiger partial charge in [0.2, 0.25) is 5.91 Å². The standard InChI is InChI=1S/C17H22N4O3/c22-15-4-3-14(16(23)19-15)21-10-11-9-12(1-2-13(11)17(21)24)20-7-5-18-6-8-20/h1-2,9,14,16,18,23H,3-8,10H2,(H,19,22)/t14-,16?/m1/s1. The molecule has 2 atom stereocenters. The maximum absolute atomic E-state index is 12.7.